The predicted molar refractivity (Wildman–Crippen MR) is 187 cm³/mol. The first-order valence-corrected chi connectivity index (χ1v) is 17.9. The number of aromatic nitrogens is 1. The zero-order valence-electron chi connectivity index (χ0n) is 28.2. The summed E-state index contributed by atoms with van der Waals surface area (Å²) in [7, 11) is -1.93. The van der Waals surface area contributed by atoms with Crippen molar-refractivity contribution >= 4 is 40.1 Å². The maximum absolute atomic E-state index is 15.1. The molecule has 0 spiro atoms. The predicted octanol–water partition coefficient (Wildman–Crippen LogP) is 4.19. The number of nitrogens with one attached hydrogen (secondary N) is 2. The van der Waals surface area contributed by atoms with Gasteiger partial charge in [-0.1, -0.05) is 0 Å². The Balaban J connectivity index is 0.00000486. The van der Waals surface area contributed by atoms with Crippen molar-refractivity contribution in [3.8, 4) is 23.4 Å². The van der Waals surface area contributed by atoms with Gasteiger partial charge in [0.25, 0.3) is 15.9 Å². The van der Waals surface area contributed by atoms with Crippen LogP contribution in [0.3, 0.4) is 0 Å². The van der Waals surface area contributed by atoms with Crippen LogP contribution in [0.1, 0.15) is 49.3 Å². The highest BCUT2D eigenvalue weighted by Gasteiger charge is 2.59. The molecule has 3 aliphatic rings. The molecule has 6 rings (SSSR count). The summed E-state index contributed by atoms with van der Waals surface area (Å²) in [6.45, 7) is 4.88. The molecule has 13 nitrogen and oxygen atoms in total. The normalized spacial score (nSPS) is 19.6. The van der Waals surface area contributed by atoms with Crippen LogP contribution < -0.4 is 29.1 Å². The molecule has 3 amide bonds. The monoisotopic (exact) mass is 724 g/mol. The average molecular weight is 725 g/mol. The number of nitrogens with zero attached hydrogens (tertiary/aromatic N) is 4. The molecule has 1 atom stereocenters. The summed E-state index contributed by atoms with van der Waals surface area (Å²) < 4.78 is 46.4. The summed E-state index contributed by atoms with van der Waals surface area (Å²) in [6.07, 6.45) is 5.35. The van der Waals surface area contributed by atoms with E-state index in [0.29, 0.717) is 35.0 Å². The fraction of sp³-hybridized carbons (Fsp3) is 0.429. The Morgan fingerprint density at radius 1 is 1.04 bits per heavy atom. The maximum Gasteiger partial charge on any atom is 0.318 e. The summed E-state index contributed by atoms with van der Waals surface area (Å²) in [4.78, 5) is 35.2. The number of sulfonamides is 1. The molecule has 50 heavy (non-hydrogen) atoms. The van der Waals surface area contributed by atoms with Crippen molar-refractivity contribution in [2.45, 2.75) is 43.0 Å². The van der Waals surface area contributed by atoms with Gasteiger partial charge in [0, 0.05) is 30.9 Å². The molecular formula is C35H41ClN6O7S. The number of ether oxygens (including phenoxy) is 3. The fourth-order valence-corrected chi connectivity index (χ4v) is 8.90. The lowest BCUT2D eigenvalue weighted by atomic mass is 9.79. The van der Waals surface area contributed by atoms with Crippen molar-refractivity contribution < 1.29 is 32.2 Å². The van der Waals surface area contributed by atoms with E-state index in [9.17, 15) is 18.5 Å². The first kappa shape index (κ1) is 36.7. The number of carbonyl (C=O) groups excluding carboxylic acids is 2. The van der Waals surface area contributed by atoms with E-state index < -0.39 is 27.5 Å². The van der Waals surface area contributed by atoms with Crippen molar-refractivity contribution in [3.63, 3.8) is 0 Å². The molecule has 4 heterocycles. The van der Waals surface area contributed by atoms with Gasteiger partial charge in [0.1, 0.15) is 16.4 Å². The summed E-state index contributed by atoms with van der Waals surface area (Å²) in [5.41, 5.74) is -1.76. The average Bonchev–Trinajstić information content (AvgIpc) is 3.39. The largest absolute Gasteiger partial charge is 0.497 e. The third kappa shape index (κ3) is 6.41. The highest BCUT2D eigenvalue weighted by molar-refractivity contribution is 7.93. The maximum atomic E-state index is 15.1. The number of fused-ring (bicyclic) bond motifs is 1. The number of amides is 3. The molecule has 1 unspecified atom stereocenters. The van der Waals surface area contributed by atoms with Gasteiger partial charge in [0.05, 0.1) is 43.7 Å². The van der Waals surface area contributed by atoms with Crippen LogP contribution in [0.4, 0.5) is 10.5 Å². The number of benzene rings is 2. The van der Waals surface area contributed by atoms with Crippen LogP contribution >= 0.6 is 12.4 Å². The molecule has 2 fully saturated rings. The number of hydrogen-bond donors (Lipinski definition) is 2. The first-order chi connectivity index (χ1) is 23.7. The number of hydrogen-bond acceptors (Lipinski definition) is 10. The van der Waals surface area contributed by atoms with Gasteiger partial charge in [0.2, 0.25) is 5.88 Å². The van der Waals surface area contributed by atoms with Crippen LogP contribution in [0.15, 0.2) is 59.6 Å². The van der Waals surface area contributed by atoms with Crippen LogP contribution in [0.5, 0.6) is 17.4 Å². The number of anilines is 1. The molecule has 266 valence electrons. The summed E-state index contributed by atoms with van der Waals surface area (Å²) in [5.74, 6) is 0.459. The number of carbonyl (C=O) groups is 2. The lowest BCUT2D eigenvalue weighted by Gasteiger charge is -2.39. The Morgan fingerprint density at radius 2 is 1.76 bits per heavy atom. The van der Waals surface area contributed by atoms with Crippen molar-refractivity contribution in [2.24, 2.45) is 11.8 Å². The SMILES string of the molecule is CCOc1ncccc1C1(NC(=O)N2CCC(C3CCNCC3)CC2)C(=O)N(S(=O)(=O)c2ccc(OC)cc2OC)c2ccc(C#N)cc21.Cl. The topological polar surface area (TPSA) is 163 Å². The molecule has 0 aliphatic carbocycles. The van der Waals surface area contributed by atoms with Crippen molar-refractivity contribution in [2.75, 3.05) is 51.3 Å². The zero-order chi connectivity index (χ0) is 34.8. The number of piperidine rings is 2. The Hall–Kier alpha value is -4.58. The van der Waals surface area contributed by atoms with Crippen LogP contribution in [0.2, 0.25) is 0 Å². The standard InChI is InChI=1S/C35H40N6O7S.ClH/c1-4-48-32-27(6-5-15-38-32)35(39-34(43)40-18-13-25(14-19-40)24-11-16-37-17-12-24)28-20-23(22-36)7-9-29(28)41(33(35)42)49(44,45)31-10-8-26(46-2)21-30(31)47-3;/h5-10,15,20-21,24-25,37H,4,11-14,16-19H2,1-3H3,(H,39,43);1H. The molecule has 2 aromatic carbocycles. The molecule has 0 radical (unpaired) electrons. The number of halogens is 1. The van der Waals surface area contributed by atoms with Gasteiger partial charge in [-0.2, -0.15) is 9.57 Å². The van der Waals surface area contributed by atoms with E-state index in [1.165, 1.54) is 56.8 Å². The minimum absolute atomic E-state index is 0. The molecule has 3 aromatic rings. The second-order valence-electron chi connectivity index (χ2n) is 12.3. The van der Waals surface area contributed by atoms with Gasteiger partial charge in [-0.25, -0.2) is 18.2 Å². The van der Waals surface area contributed by atoms with Crippen LogP contribution in [0.25, 0.3) is 0 Å². The number of methoxy groups -OCH3 is 2. The number of urea groups is 1. The van der Waals surface area contributed by atoms with Crippen LogP contribution in [-0.4, -0.2) is 77.2 Å². The smallest absolute Gasteiger partial charge is 0.318 e. The molecular weight excluding hydrogens is 684 g/mol. The van der Waals surface area contributed by atoms with Gasteiger partial charge in [0.15, 0.2) is 5.54 Å². The molecule has 0 saturated carbocycles. The van der Waals surface area contributed by atoms with E-state index >= 15 is 4.79 Å². The highest BCUT2D eigenvalue weighted by Crippen LogP contribution is 2.50. The molecule has 0 bridgehead atoms. The Labute approximate surface area is 298 Å². The summed E-state index contributed by atoms with van der Waals surface area (Å²) in [5, 5.41) is 16.3. The van der Waals surface area contributed by atoms with Crippen molar-refractivity contribution in [1.29, 1.82) is 5.26 Å². The van der Waals surface area contributed by atoms with E-state index in [2.05, 4.69) is 21.7 Å². The van der Waals surface area contributed by atoms with Crippen LogP contribution in [0, 0.1) is 23.2 Å². The number of rotatable bonds is 9. The Bertz CT molecular complexity index is 1890. The van der Waals surface area contributed by atoms with Crippen LogP contribution in [-0.2, 0) is 20.4 Å². The number of nitriles is 1. The minimum Gasteiger partial charge on any atom is -0.497 e. The molecule has 3 aliphatic heterocycles. The van der Waals surface area contributed by atoms with Gasteiger partial charge < -0.3 is 29.7 Å². The zero-order valence-corrected chi connectivity index (χ0v) is 29.8. The van der Waals surface area contributed by atoms with E-state index in [4.69, 9.17) is 14.2 Å². The van der Waals surface area contributed by atoms with Gasteiger partial charge in [-0.3, -0.25) is 4.79 Å². The van der Waals surface area contributed by atoms with E-state index in [-0.39, 0.29) is 57.9 Å². The van der Waals surface area contributed by atoms with Gasteiger partial charge in [-0.15, -0.1) is 12.4 Å². The highest BCUT2D eigenvalue weighted by atomic mass is 35.5. The molecule has 2 saturated heterocycles. The summed E-state index contributed by atoms with van der Waals surface area (Å²) in [6, 6.07) is 13.1. The first-order valence-electron chi connectivity index (χ1n) is 16.4. The lowest BCUT2D eigenvalue weighted by molar-refractivity contribution is -0.121. The van der Waals surface area contributed by atoms with Gasteiger partial charge in [-0.05, 0) is 100.0 Å². The van der Waals surface area contributed by atoms with Crippen molar-refractivity contribution in [3.05, 3.63) is 71.4 Å². The molecule has 15 heteroatoms. The third-order valence-corrected chi connectivity index (χ3v) is 11.5. The quantitative estimate of drug-likeness (QED) is 0.327. The third-order valence-electron chi connectivity index (χ3n) is 9.77. The number of pyridine rings is 1. The molecule has 2 N–H and O–H groups in total. The Kier molecular flexibility index (Phi) is 11.1. The Morgan fingerprint density at radius 3 is 2.42 bits per heavy atom. The second kappa shape index (κ2) is 15.1. The fourth-order valence-electron chi connectivity index (χ4n) is 7.29. The van der Waals surface area contributed by atoms with E-state index in [0.717, 1.165) is 38.8 Å². The molecule has 1 aromatic heterocycles. The lowest BCUT2D eigenvalue weighted by Crippen LogP contribution is -2.58. The second-order valence-corrected chi connectivity index (χ2v) is 14.1. The minimum atomic E-state index is -4.68. The van der Waals surface area contributed by atoms with E-state index in [1.54, 1.807) is 24.0 Å². The number of likely N-dealkylation sites (tertiary alicyclic amines) is 1. The van der Waals surface area contributed by atoms with Gasteiger partial charge >= 0.3 is 6.03 Å². The van der Waals surface area contributed by atoms with E-state index in [1.807, 2.05) is 0 Å². The summed E-state index contributed by atoms with van der Waals surface area (Å²) >= 11 is 0. The van der Waals surface area contributed by atoms with Crippen molar-refractivity contribution in [1.82, 2.24) is 20.5 Å².